The molecule has 2 nitrogen and oxygen atoms in total. The molecule has 0 spiro atoms. The Kier molecular flexibility index (Phi) is 4.61. The fourth-order valence-electron chi connectivity index (χ4n) is 0.610. The molecule has 0 saturated carbocycles. The highest BCUT2D eigenvalue weighted by molar-refractivity contribution is 5.26. The molecule has 0 aromatic rings. The molecular weight excluding hydrogens is 150 g/mol. The first-order valence-corrected chi connectivity index (χ1v) is 3.71. The van der Waals surface area contributed by atoms with Gasteiger partial charge in [-0.15, -0.1) is 0 Å². The lowest BCUT2D eigenvalue weighted by Gasteiger charge is -2.06. The van der Waals surface area contributed by atoms with Crippen LogP contribution < -0.4 is 5.32 Å². The molecule has 66 valence electrons. The molecule has 0 radical (unpaired) electrons. The van der Waals surface area contributed by atoms with Gasteiger partial charge in [0, 0.05) is 5.70 Å². The van der Waals surface area contributed by atoms with Crippen molar-refractivity contribution in [2.45, 2.75) is 13.8 Å². The van der Waals surface area contributed by atoms with Crippen molar-refractivity contribution in [2.75, 3.05) is 0 Å². The molecule has 2 heteroatoms. The van der Waals surface area contributed by atoms with Gasteiger partial charge in [-0.3, -0.25) is 0 Å². The van der Waals surface area contributed by atoms with Crippen molar-refractivity contribution >= 4 is 0 Å². The summed E-state index contributed by atoms with van der Waals surface area (Å²) in [4.78, 5) is 0. The Labute approximate surface area is 73.6 Å². The summed E-state index contributed by atoms with van der Waals surface area (Å²) in [6.07, 6.45) is 5.13. The molecule has 0 aromatic heterocycles. The van der Waals surface area contributed by atoms with Crippen LogP contribution in [-0.4, -0.2) is 5.11 Å². The molecule has 0 aromatic carbocycles. The molecule has 0 fully saturated rings. The van der Waals surface area contributed by atoms with E-state index >= 15 is 0 Å². The maximum absolute atomic E-state index is 9.30. The van der Waals surface area contributed by atoms with Crippen LogP contribution in [0.4, 0.5) is 0 Å². The number of hydrogen-bond acceptors (Lipinski definition) is 2. The molecular formula is C10H15NO. The molecule has 2 N–H and O–H groups in total. The normalized spacial score (nSPS) is 11.7. The van der Waals surface area contributed by atoms with Crippen LogP contribution in [0.3, 0.4) is 0 Å². The van der Waals surface area contributed by atoms with Crippen molar-refractivity contribution in [2.24, 2.45) is 0 Å². The summed E-state index contributed by atoms with van der Waals surface area (Å²) in [5, 5.41) is 12.1. The van der Waals surface area contributed by atoms with Gasteiger partial charge >= 0.3 is 0 Å². The van der Waals surface area contributed by atoms with Crippen molar-refractivity contribution in [1.82, 2.24) is 5.32 Å². The van der Waals surface area contributed by atoms with Crippen LogP contribution in [0.25, 0.3) is 0 Å². The molecule has 0 aliphatic heterocycles. The van der Waals surface area contributed by atoms with E-state index in [1.807, 2.05) is 13.0 Å². The van der Waals surface area contributed by atoms with Gasteiger partial charge in [0.15, 0.2) is 0 Å². The van der Waals surface area contributed by atoms with Gasteiger partial charge in [-0.25, -0.2) is 0 Å². The lowest BCUT2D eigenvalue weighted by Crippen LogP contribution is -2.10. The summed E-state index contributed by atoms with van der Waals surface area (Å²) < 4.78 is 0. The summed E-state index contributed by atoms with van der Waals surface area (Å²) in [6, 6.07) is 0. The minimum Gasteiger partial charge on any atom is -0.506 e. The fourth-order valence-corrected chi connectivity index (χ4v) is 0.610. The average Bonchev–Trinajstić information content (AvgIpc) is 1.98. The Morgan fingerprint density at radius 2 is 2.00 bits per heavy atom. The predicted molar refractivity (Wildman–Crippen MR) is 52.6 cm³/mol. The SMILES string of the molecule is C=C(C)NC(=C)/C(O)=C\C=C/C. The monoisotopic (exact) mass is 165 g/mol. The molecule has 0 heterocycles. The second-order valence-electron chi connectivity index (χ2n) is 2.46. The molecule has 0 amide bonds. The molecule has 0 aliphatic carbocycles. The van der Waals surface area contributed by atoms with Gasteiger partial charge < -0.3 is 10.4 Å². The maximum atomic E-state index is 9.30. The summed E-state index contributed by atoms with van der Waals surface area (Å²) in [5.74, 6) is 0.121. The second kappa shape index (κ2) is 5.24. The molecule has 0 aliphatic rings. The fraction of sp³-hybridized carbons (Fsp3) is 0.200. The van der Waals surface area contributed by atoms with E-state index in [0.717, 1.165) is 5.70 Å². The molecule has 12 heavy (non-hydrogen) atoms. The third-order valence-corrected chi connectivity index (χ3v) is 1.12. The van der Waals surface area contributed by atoms with Gasteiger partial charge in [0.1, 0.15) is 5.76 Å². The van der Waals surface area contributed by atoms with E-state index < -0.39 is 0 Å². The molecule has 0 saturated heterocycles. The van der Waals surface area contributed by atoms with E-state index in [1.54, 1.807) is 19.1 Å². The van der Waals surface area contributed by atoms with Crippen LogP contribution in [0.1, 0.15) is 13.8 Å². The van der Waals surface area contributed by atoms with E-state index in [1.165, 1.54) is 0 Å². The third kappa shape index (κ3) is 4.39. The lowest BCUT2D eigenvalue weighted by atomic mass is 10.3. The van der Waals surface area contributed by atoms with E-state index in [-0.39, 0.29) is 5.76 Å². The number of aliphatic hydroxyl groups excluding tert-OH is 1. The summed E-state index contributed by atoms with van der Waals surface area (Å²) in [7, 11) is 0. The van der Waals surface area contributed by atoms with Gasteiger partial charge in [0.05, 0.1) is 5.70 Å². The van der Waals surface area contributed by atoms with Crippen LogP contribution >= 0.6 is 0 Å². The van der Waals surface area contributed by atoms with E-state index in [2.05, 4.69) is 18.5 Å². The van der Waals surface area contributed by atoms with Crippen LogP contribution in [0.2, 0.25) is 0 Å². The Balaban J connectivity index is 4.19. The zero-order valence-electron chi connectivity index (χ0n) is 7.59. The smallest absolute Gasteiger partial charge is 0.138 e. The second-order valence-corrected chi connectivity index (χ2v) is 2.46. The number of rotatable bonds is 4. The Bertz CT molecular complexity index is 236. The largest absolute Gasteiger partial charge is 0.506 e. The van der Waals surface area contributed by atoms with Gasteiger partial charge in [0.2, 0.25) is 0 Å². The number of allylic oxidation sites excluding steroid dienone is 4. The minimum absolute atomic E-state index is 0.121. The third-order valence-electron chi connectivity index (χ3n) is 1.12. The average molecular weight is 165 g/mol. The highest BCUT2D eigenvalue weighted by Gasteiger charge is 1.96. The highest BCUT2D eigenvalue weighted by atomic mass is 16.3. The van der Waals surface area contributed by atoms with Crippen molar-refractivity contribution in [3.63, 3.8) is 0 Å². The van der Waals surface area contributed by atoms with Crippen LogP contribution in [-0.2, 0) is 0 Å². The van der Waals surface area contributed by atoms with Crippen molar-refractivity contribution < 1.29 is 5.11 Å². The Hall–Kier alpha value is -1.44. The quantitative estimate of drug-likeness (QED) is 0.496. The number of aliphatic hydroxyl groups is 1. The molecule has 0 bridgehead atoms. The Morgan fingerprint density at radius 3 is 2.42 bits per heavy atom. The highest BCUT2D eigenvalue weighted by Crippen LogP contribution is 2.01. The van der Waals surface area contributed by atoms with Crippen molar-refractivity contribution in [1.29, 1.82) is 0 Å². The lowest BCUT2D eigenvalue weighted by molar-refractivity contribution is 0.417. The van der Waals surface area contributed by atoms with Gasteiger partial charge in [-0.2, -0.15) is 0 Å². The van der Waals surface area contributed by atoms with Gasteiger partial charge in [0.25, 0.3) is 0 Å². The summed E-state index contributed by atoms with van der Waals surface area (Å²) in [6.45, 7) is 10.9. The topological polar surface area (TPSA) is 32.3 Å². The number of hydrogen-bond donors (Lipinski definition) is 2. The van der Waals surface area contributed by atoms with Crippen LogP contribution in [0, 0.1) is 0 Å². The minimum atomic E-state index is 0.121. The predicted octanol–water partition coefficient (Wildman–Crippen LogP) is 2.64. The first-order chi connectivity index (χ1) is 5.57. The molecule has 0 atom stereocenters. The summed E-state index contributed by atoms with van der Waals surface area (Å²) >= 11 is 0. The zero-order chi connectivity index (χ0) is 9.56. The van der Waals surface area contributed by atoms with Crippen molar-refractivity contribution in [3.05, 3.63) is 48.5 Å². The van der Waals surface area contributed by atoms with Gasteiger partial charge in [-0.1, -0.05) is 25.3 Å². The maximum Gasteiger partial charge on any atom is 0.138 e. The van der Waals surface area contributed by atoms with E-state index in [4.69, 9.17) is 0 Å². The van der Waals surface area contributed by atoms with Gasteiger partial charge in [-0.05, 0) is 19.9 Å². The van der Waals surface area contributed by atoms with E-state index in [9.17, 15) is 5.11 Å². The molecule has 0 unspecified atom stereocenters. The van der Waals surface area contributed by atoms with Crippen LogP contribution in [0.5, 0.6) is 0 Å². The zero-order valence-corrected chi connectivity index (χ0v) is 7.59. The molecule has 0 rings (SSSR count). The number of nitrogens with one attached hydrogen (secondary N) is 1. The van der Waals surface area contributed by atoms with E-state index in [0.29, 0.717) is 5.70 Å². The summed E-state index contributed by atoms with van der Waals surface area (Å²) in [5.41, 5.74) is 1.21. The Morgan fingerprint density at radius 1 is 1.42 bits per heavy atom. The standard InChI is InChI=1S/C10H15NO/c1-5-6-7-10(12)9(4)11-8(2)3/h5-7,11-12H,2,4H2,1,3H3/b6-5-,10-7+. The first kappa shape index (κ1) is 10.6. The first-order valence-electron chi connectivity index (χ1n) is 3.71. The van der Waals surface area contributed by atoms with Crippen LogP contribution in [0.15, 0.2) is 48.5 Å². The van der Waals surface area contributed by atoms with Crippen molar-refractivity contribution in [3.8, 4) is 0 Å².